The summed E-state index contributed by atoms with van der Waals surface area (Å²) in [6, 6.07) is 13.2. The van der Waals surface area contributed by atoms with Crippen molar-refractivity contribution in [3.05, 3.63) is 65.4 Å². The van der Waals surface area contributed by atoms with Gasteiger partial charge < -0.3 is 15.4 Å². The molecule has 7 heteroatoms. The Kier molecular flexibility index (Phi) is 3.37. The van der Waals surface area contributed by atoms with Crippen molar-refractivity contribution in [1.82, 2.24) is 9.78 Å². The van der Waals surface area contributed by atoms with E-state index in [1.807, 2.05) is 49.4 Å². The van der Waals surface area contributed by atoms with Crippen molar-refractivity contribution in [3.8, 4) is 11.4 Å². The number of aryl methyl sites for hydroxylation is 1. The number of ether oxygens (including phenoxy) is 1. The van der Waals surface area contributed by atoms with Crippen LogP contribution in [0, 0.1) is 6.92 Å². The first-order valence-electron chi connectivity index (χ1n) is 8.98. The van der Waals surface area contributed by atoms with Gasteiger partial charge in [0.25, 0.3) is 0 Å². The normalized spacial score (nSPS) is 19.8. The van der Waals surface area contributed by atoms with Crippen molar-refractivity contribution in [2.75, 3.05) is 17.7 Å². The molecule has 1 aromatic heterocycles. The quantitative estimate of drug-likeness (QED) is 0.722. The zero-order chi connectivity index (χ0) is 19.5. The minimum atomic E-state index is -1.07. The Bertz CT molecular complexity index is 1130. The van der Waals surface area contributed by atoms with Crippen molar-refractivity contribution in [2.24, 2.45) is 0 Å². The van der Waals surface area contributed by atoms with Crippen molar-refractivity contribution >= 4 is 23.3 Å². The second-order valence-electron chi connectivity index (χ2n) is 7.15. The standard InChI is InChI=1S/C21H18N4O3/c1-12-3-8-17-15(9-12)21(20(27)23-17)10-18(26)24-19-16(21)11-22-25(19)13-4-6-14(28-2)7-5-13/h3-9,11H,10H2,1-2H3,(H,23,27)(H,24,26). The van der Waals surface area contributed by atoms with Gasteiger partial charge in [0, 0.05) is 17.7 Å². The van der Waals surface area contributed by atoms with Crippen LogP contribution in [0.4, 0.5) is 11.5 Å². The molecule has 0 saturated heterocycles. The fourth-order valence-electron chi connectivity index (χ4n) is 4.13. The topological polar surface area (TPSA) is 85.2 Å². The molecule has 3 aromatic rings. The number of anilines is 2. The zero-order valence-corrected chi connectivity index (χ0v) is 15.4. The van der Waals surface area contributed by atoms with Gasteiger partial charge in [0.1, 0.15) is 17.0 Å². The predicted octanol–water partition coefficient (Wildman–Crippen LogP) is 2.77. The molecule has 0 bridgehead atoms. The minimum absolute atomic E-state index is 0.0522. The molecule has 0 radical (unpaired) electrons. The Balaban J connectivity index is 1.72. The molecule has 1 atom stereocenters. The molecule has 2 aliphatic rings. The molecule has 0 aliphatic carbocycles. The third-order valence-corrected chi connectivity index (χ3v) is 5.50. The summed E-state index contributed by atoms with van der Waals surface area (Å²) in [5, 5.41) is 10.3. The highest BCUT2D eigenvalue weighted by Crippen LogP contribution is 2.50. The lowest BCUT2D eigenvalue weighted by molar-refractivity contribution is -0.125. The maximum Gasteiger partial charge on any atom is 0.240 e. The summed E-state index contributed by atoms with van der Waals surface area (Å²) in [6.07, 6.45) is 1.73. The van der Waals surface area contributed by atoms with E-state index in [1.165, 1.54) is 0 Å². The van der Waals surface area contributed by atoms with Crippen LogP contribution in [0.3, 0.4) is 0 Å². The number of nitrogens with one attached hydrogen (secondary N) is 2. The first-order chi connectivity index (χ1) is 13.5. The third-order valence-electron chi connectivity index (χ3n) is 5.50. The monoisotopic (exact) mass is 374 g/mol. The van der Waals surface area contributed by atoms with Crippen LogP contribution >= 0.6 is 0 Å². The largest absolute Gasteiger partial charge is 0.497 e. The number of nitrogens with zero attached hydrogens (tertiary/aromatic N) is 2. The van der Waals surface area contributed by atoms with E-state index < -0.39 is 5.41 Å². The van der Waals surface area contributed by atoms with Gasteiger partial charge in [-0.15, -0.1) is 0 Å². The number of hydrogen-bond donors (Lipinski definition) is 2. The van der Waals surface area contributed by atoms with Gasteiger partial charge >= 0.3 is 0 Å². The van der Waals surface area contributed by atoms with Gasteiger partial charge in [-0.25, -0.2) is 4.68 Å². The summed E-state index contributed by atoms with van der Waals surface area (Å²) in [6.45, 7) is 1.97. The van der Waals surface area contributed by atoms with Crippen LogP contribution in [-0.2, 0) is 15.0 Å². The Morgan fingerprint density at radius 1 is 1.07 bits per heavy atom. The molecule has 3 heterocycles. The maximum atomic E-state index is 13.1. The summed E-state index contributed by atoms with van der Waals surface area (Å²) in [5.41, 5.74) is 3.00. The second-order valence-corrected chi connectivity index (χ2v) is 7.15. The molecule has 2 N–H and O–H groups in total. The molecule has 2 aromatic carbocycles. The maximum absolute atomic E-state index is 13.1. The molecular weight excluding hydrogens is 356 g/mol. The molecule has 140 valence electrons. The molecule has 5 rings (SSSR count). The van der Waals surface area contributed by atoms with Crippen LogP contribution < -0.4 is 15.4 Å². The molecule has 0 saturated carbocycles. The lowest BCUT2D eigenvalue weighted by Gasteiger charge is -2.31. The average Bonchev–Trinajstić information content (AvgIpc) is 3.22. The lowest BCUT2D eigenvalue weighted by atomic mass is 9.71. The van der Waals surface area contributed by atoms with Crippen molar-refractivity contribution in [3.63, 3.8) is 0 Å². The summed E-state index contributed by atoms with van der Waals surface area (Å²) >= 11 is 0. The first-order valence-corrected chi connectivity index (χ1v) is 8.98. The lowest BCUT2D eigenvalue weighted by Crippen LogP contribution is -2.43. The molecule has 28 heavy (non-hydrogen) atoms. The van der Waals surface area contributed by atoms with E-state index in [2.05, 4.69) is 15.7 Å². The van der Waals surface area contributed by atoms with Gasteiger partial charge in [-0.05, 0) is 42.8 Å². The zero-order valence-electron chi connectivity index (χ0n) is 15.4. The van der Waals surface area contributed by atoms with Crippen LogP contribution in [0.1, 0.15) is 23.1 Å². The van der Waals surface area contributed by atoms with Crippen LogP contribution in [0.5, 0.6) is 5.75 Å². The van der Waals surface area contributed by atoms with E-state index in [0.717, 1.165) is 28.3 Å². The Labute approximate surface area is 161 Å². The van der Waals surface area contributed by atoms with Crippen LogP contribution in [0.2, 0.25) is 0 Å². The molecule has 2 amide bonds. The molecule has 1 unspecified atom stereocenters. The smallest absolute Gasteiger partial charge is 0.240 e. The number of aromatic nitrogens is 2. The number of amides is 2. The fourth-order valence-corrected chi connectivity index (χ4v) is 4.13. The molecule has 0 fully saturated rings. The summed E-state index contributed by atoms with van der Waals surface area (Å²) in [4.78, 5) is 25.8. The van der Waals surface area contributed by atoms with E-state index >= 15 is 0 Å². The molecule has 7 nitrogen and oxygen atoms in total. The van der Waals surface area contributed by atoms with E-state index in [9.17, 15) is 9.59 Å². The Hall–Kier alpha value is -3.61. The highest BCUT2D eigenvalue weighted by Gasteiger charge is 2.54. The number of hydrogen-bond acceptors (Lipinski definition) is 4. The Morgan fingerprint density at radius 3 is 2.61 bits per heavy atom. The second kappa shape index (κ2) is 5.69. The highest BCUT2D eigenvalue weighted by atomic mass is 16.5. The Morgan fingerprint density at radius 2 is 1.86 bits per heavy atom. The minimum Gasteiger partial charge on any atom is -0.497 e. The average molecular weight is 374 g/mol. The third kappa shape index (κ3) is 2.13. The fraction of sp³-hybridized carbons (Fsp3) is 0.190. The summed E-state index contributed by atoms with van der Waals surface area (Å²) < 4.78 is 6.85. The number of fused-ring (bicyclic) bond motifs is 4. The van der Waals surface area contributed by atoms with Gasteiger partial charge in [0.2, 0.25) is 11.8 Å². The van der Waals surface area contributed by atoms with E-state index in [-0.39, 0.29) is 18.2 Å². The van der Waals surface area contributed by atoms with Gasteiger partial charge in [-0.3, -0.25) is 9.59 Å². The first kappa shape index (κ1) is 16.6. The highest BCUT2D eigenvalue weighted by molar-refractivity contribution is 6.14. The van der Waals surface area contributed by atoms with E-state index in [1.54, 1.807) is 18.0 Å². The number of rotatable bonds is 2. The number of carbonyl (C=O) groups is 2. The summed E-state index contributed by atoms with van der Waals surface area (Å²) in [7, 11) is 1.60. The van der Waals surface area contributed by atoms with Gasteiger partial charge in [0.05, 0.1) is 19.0 Å². The number of benzene rings is 2. The van der Waals surface area contributed by atoms with Crippen molar-refractivity contribution in [1.29, 1.82) is 0 Å². The molecular formula is C21H18N4O3. The van der Waals surface area contributed by atoms with E-state index in [0.29, 0.717) is 11.4 Å². The molecule has 1 spiro atoms. The SMILES string of the molecule is COc1ccc(-n2ncc3c2NC(=O)CC32C(=O)Nc3ccc(C)cc32)cc1. The van der Waals surface area contributed by atoms with Gasteiger partial charge in [-0.2, -0.15) is 5.10 Å². The van der Waals surface area contributed by atoms with Crippen molar-refractivity contribution in [2.45, 2.75) is 18.8 Å². The predicted molar refractivity (Wildman–Crippen MR) is 104 cm³/mol. The molecule has 2 aliphatic heterocycles. The number of methoxy groups -OCH3 is 1. The van der Waals surface area contributed by atoms with Crippen molar-refractivity contribution < 1.29 is 14.3 Å². The van der Waals surface area contributed by atoms with E-state index in [4.69, 9.17) is 4.74 Å². The summed E-state index contributed by atoms with van der Waals surface area (Å²) in [5.74, 6) is 0.835. The van der Waals surface area contributed by atoms with Gasteiger partial charge in [0.15, 0.2) is 0 Å². The van der Waals surface area contributed by atoms with Crippen LogP contribution in [0.15, 0.2) is 48.7 Å². The van der Waals surface area contributed by atoms with Crippen LogP contribution in [0.25, 0.3) is 5.69 Å². The van der Waals surface area contributed by atoms with Gasteiger partial charge in [-0.1, -0.05) is 17.7 Å². The number of carbonyl (C=O) groups excluding carboxylic acids is 2. The van der Waals surface area contributed by atoms with Crippen LogP contribution in [-0.4, -0.2) is 28.7 Å².